The number of aromatic nitrogens is 1. The Morgan fingerprint density at radius 2 is 1.85 bits per heavy atom. The highest BCUT2D eigenvalue weighted by Crippen LogP contribution is 2.29. The monoisotopic (exact) mass is 364 g/mol. The van der Waals surface area contributed by atoms with Crippen LogP contribution >= 0.6 is 0 Å². The number of anilines is 1. The second-order valence-electron chi connectivity index (χ2n) is 5.63. The van der Waals surface area contributed by atoms with Crippen molar-refractivity contribution in [2.45, 2.75) is 26.4 Å². The van der Waals surface area contributed by atoms with Gasteiger partial charge in [0.2, 0.25) is 12.3 Å². The van der Waals surface area contributed by atoms with Gasteiger partial charge in [0, 0.05) is 25.6 Å². The molecule has 1 aromatic heterocycles. The average molecular weight is 364 g/mol. The SMILES string of the molecule is CC(=O)c1ncc(-c2cccc(CC(F)(F)F)c2)cc1N(C=O)C(C)=O. The maximum absolute atomic E-state index is 12.6. The molecule has 0 aliphatic rings. The number of amides is 2. The predicted octanol–water partition coefficient (Wildman–Crippen LogP) is 3.57. The van der Waals surface area contributed by atoms with Crippen molar-refractivity contribution in [2.24, 2.45) is 0 Å². The summed E-state index contributed by atoms with van der Waals surface area (Å²) in [6, 6.07) is 7.13. The predicted molar refractivity (Wildman–Crippen MR) is 88.7 cm³/mol. The van der Waals surface area contributed by atoms with E-state index in [1.165, 1.54) is 37.4 Å². The van der Waals surface area contributed by atoms with E-state index in [-0.39, 0.29) is 23.4 Å². The molecule has 5 nitrogen and oxygen atoms in total. The number of imide groups is 1. The molecule has 0 aliphatic carbocycles. The average Bonchev–Trinajstić information content (AvgIpc) is 2.53. The first kappa shape index (κ1) is 19.3. The highest BCUT2D eigenvalue weighted by molar-refractivity contribution is 6.11. The standard InChI is InChI=1S/C18H15F3N2O3/c1-11(25)17-16(23(10-24)12(2)26)7-15(9-22-17)14-5-3-4-13(6-14)8-18(19,20)21/h3-7,9-10H,8H2,1-2H3. The lowest BCUT2D eigenvalue weighted by Gasteiger charge is -2.17. The van der Waals surface area contributed by atoms with Crippen molar-refractivity contribution >= 4 is 23.8 Å². The number of rotatable bonds is 5. The Morgan fingerprint density at radius 3 is 2.38 bits per heavy atom. The summed E-state index contributed by atoms with van der Waals surface area (Å²) < 4.78 is 37.8. The number of halogens is 3. The van der Waals surface area contributed by atoms with Gasteiger partial charge in [-0.2, -0.15) is 13.2 Å². The minimum absolute atomic E-state index is 0.0151. The topological polar surface area (TPSA) is 67.3 Å². The van der Waals surface area contributed by atoms with Gasteiger partial charge in [0.05, 0.1) is 12.1 Å². The van der Waals surface area contributed by atoms with Gasteiger partial charge in [-0.05, 0) is 17.2 Å². The lowest BCUT2D eigenvalue weighted by Crippen LogP contribution is -2.28. The number of Topliss-reactive ketones (excluding diaryl/α,β-unsaturated/α-hetero) is 1. The molecule has 2 amide bonds. The van der Waals surface area contributed by atoms with Crippen molar-refractivity contribution in [3.63, 3.8) is 0 Å². The van der Waals surface area contributed by atoms with E-state index in [1.54, 1.807) is 6.07 Å². The van der Waals surface area contributed by atoms with E-state index < -0.39 is 24.3 Å². The van der Waals surface area contributed by atoms with Crippen molar-refractivity contribution in [3.05, 3.63) is 47.8 Å². The summed E-state index contributed by atoms with van der Waals surface area (Å²) in [6.45, 7) is 2.38. The minimum Gasteiger partial charge on any atom is -0.293 e. The fourth-order valence-electron chi connectivity index (χ4n) is 2.46. The van der Waals surface area contributed by atoms with Crippen LogP contribution < -0.4 is 4.90 Å². The molecule has 0 saturated heterocycles. The van der Waals surface area contributed by atoms with Gasteiger partial charge in [-0.15, -0.1) is 0 Å². The van der Waals surface area contributed by atoms with Gasteiger partial charge in [0.1, 0.15) is 5.69 Å². The molecule has 2 rings (SSSR count). The van der Waals surface area contributed by atoms with Crippen LogP contribution in [0.15, 0.2) is 36.5 Å². The van der Waals surface area contributed by atoms with Crippen LogP contribution in [0.2, 0.25) is 0 Å². The van der Waals surface area contributed by atoms with E-state index in [2.05, 4.69) is 4.98 Å². The molecule has 1 aromatic carbocycles. The van der Waals surface area contributed by atoms with Gasteiger partial charge in [-0.3, -0.25) is 24.3 Å². The Labute approximate surface area is 147 Å². The summed E-state index contributed by atoms with van der Waals surface area (Å²) in [4.78, 5) is 39.3. The van der Waals surface area contributed by atoms with Crippen LogP contribution in [-0.4, -0.2) is 29.3 Å². The largest absolute Gasteiger partial charge is 0.393 e. The lowest BCUT2D eigenvalue weighted by molar-refractivity contribution is -0.127. The van der Waals surface area contributed by atoms with Crippen LogP contribution in [-0.2, 0) is 16.0 Å². The van der Waals surface area contributed by atoms with E-state index in [9.17, 15) is 27.6 Å². The second kappa shape index (κ2) is 7.47. The number of hydrogen-bond acceptors (Lipinski definition) is 4. The van der Waals surface area contributed by atoms with Gasteiger partial charge >= 0.3 is 6.18 Å². The van der Waals surface area contributed by atoms with Gasteiger partial charge in [0.25, 0.3) is 0 Å². The number of ketones is 1. The fraction of sp³-hybridized carbons (Fsp3) is 0.222. The Morgan fingerprint density at radius 1 is 1.15 bits per heavy atom. The van der Waals surface area contributed by atoms with E-state index in [0.29, 0.717) is 11.1 Å². The zero-order valence-corrected chi connectivity index (χ0v) is 14.0. The molecule has 0 fully saturated rings. The Hall–Kier alpha value is -3.03. The number of alkyl halides is 3. The van der Waals surface area contributed by atoms with E-state index in [1.807, 2.05) is 0 Å². The summed E-state index contributed by atoms with van der Waals surface area (Å²) in [6.07, 6.45) is -3.85. The number of carbonyl (C=O) groups is 3. The number of carbonyl (C=O) groups excluding carboxylic acids is 3. The van der Waals surface area contributed by atoms with Crippen molar-refractivity contribution in [2.75, 3.05) is 4.90 Å². The maximum Gasteiger partial charge on any atom is 0.393 e. The van der Waals surface area contributed by atoms with Crippen molar-refractivity contribution in [1.82, 2.24) is 4.98 Å². The quantitative estimate of drug-likeness (QED) is 0.601. The number of pyridine rings is 1. The van der Waals surface area contributed by atoms with Crippen LogP contribution in [0, 0.1) is 0 Å². The first-order valence-electron chi connectivity index (χ1n) is 7.54. The molecular weight excluding hydrogens is 349 g/mol. The summed E-state index contributed by atoms with van der Waals surface area (Å²) >= 11 is 0. The zero-order valence-electron chi connectivity index (χ0n) is 14.0. The van der Waals surface area contributed by atoms with Crippen LogP contribution in [0.4, 0.5) is 18.9 Å². The van der Waals surface area contributed by atoms with Crippen LogP contribution in [0.5, 0.6) is 0 Å². The molecule has 0 atom stereocenters. The van der Waals surface area contributed by atoms with Gasteiger partial charge in [-0.1, -0.05) is 24.3 Å². The number of benzene rings is 1. The molecule has 136 valence electrons. The maximum atomic E-state index is 12.6. The van der Waals surface area contributed by atoms with Crippen LogP contribution in [0.25, 0.3) is 11.1 Å². The zero-order chi connectivity index (χ0) is 19.5. The Balaban J connectivity index is 2.55. The Kier molecular flexibility index (Phi) is 5.54. The molecule has 8 heteroatoms. The third-order valence-electron chi connectivity index (χ3n) is 3.57. The number of nitrogens with zero attached hydrogens (tertiary/aromatic N) is 2. The molecule has 0 bridgehead atoms. The summed E-state index contributed by atoms with van der Waals surface area (Å²) in [5, 5.41) is 0. The molecule has 2 aromatic rings. The number of hydrogen-bond donors (Lipinski definition) is 0. The molecule has 0 radical (unpaired) electrons. The second-order valence-corrected chi connectivity index (χ2v) is 5.63. The van der Waals surface area contributed by atoms with E-state index >= 15 is 0 Å². The normalized spacial score (nSPS) is 11.1. The van der Waals surface area contributed by atoms with Crippen LogP contribution in [0.3, 0.4) is 0 Å². The van der Waals surface area contributed by atoms with Crippen molar-refractivity contribution < 1.29 is 27.6 Å². The summed E-state index contributed by atoms with van der Waals surface area (Å²) in [5.74, 6) is -1.07. The third-order valence-corrected chi connectivity index (χ3v) is 3.57. The minimum atomic E-state index is -4.34. The molecule has 1 heterocycles. The smallest absolute Gasteiger partial charge is 0.293 e. The van der Waals surface area contributed by atoms with Gasteiger partial charge < -0.3 is 0 Å². The van der Waals surface area contributed by atoms with Gasteiger partial charge in [-0.25, -0.2) is 0 Å². The first-order chi connectivity index (χ1) is 12.1. The molecule has 0 spiro atoms. The van der Waals surface area contributed by atoms with E-state index in [4.69, 9.17) is 0 Å². The highest BCUT2D eigenvalue weighted by atomic mass is 19.4. The molecular formula is C18H15F3N2O3. The molecule has 0 unspecified atom stereocenters. The Bertz CT molecular complexity index is 863. The van der Waals surface area contributed by atoms with Crippen LogP contribution in [0.1, 0.15) is 29.9 Å². The van der Waals surface area contributed by atoms with Gasteiger partial charge in [0.15, 0.2) is 5.78 Å². The van der Waals surface area contributed by atoms with Crippen molar-refractivity contribution in [3.8, 4) is 11.1 Å². The molecule has 26 heavy (non-hydrogen) atoms. The molecule has 0 N–H and O–H groups in total. The van der Waals surface area contributed by atoms with E-state index in [0.717, 1.165) is 11.8 Å². The highest BCUT2D eigenvalue weighted by Gasteiger charge is 2.27. The summed E-state index contributed by atoms with van der Waals surface area (Å²) in [7, 11) is 0. The lowest BCUT2D eigenvalue weighted by atomic mass is 10.0. The summed E-state index contributed by atoms with van der Waals surface area (Å²) in [5.41, 5.74) is 0.763. The van der Waals surface area contributed by atoms with Crippen molar-refractivity contribution in [1.29, 1.82) is 0 Å². The third kappa shape index (κ3) is 4.53. The first-order valence-corrected chi connectivity index (χ1v) is 7.54. The fourth-order valence-corrected chi connectivity index (χ4v) is 2.46. The molecule has 0 aliphatic heterocycles. The molecule has 0 saturated carbocycles.